The van der Waals surface area contributed by atoms with Crippen molar-refractivity contribution in [3.63, 3.8) is 0 Å². The summed E-state index contributed by atoms with van der Waals surface area (Å²) < 4.78 is 0. The molecule has 1 saturated carbocycles. The molecule has 0 saturated heterocycles. The third kappa shape index (κ3) is 2.85. The van der Waals surface area contributed by atoms with Crippen molar-refractivity contribution in [1.82, 2.24) is 0 Å². The smallest absolute Gasteiger partial charge is 0.149 e. The second kappa shape index (κ2) is 5.94. The Morgan fingerprint density at radius 3 is 2.17 bits per heavy atom. The Hall–Kier alpha value is -1.77. The Balaban J connectivity index is 2.11. The number of aliphatic imine (C=N–C) groups is 1. The summed E-state index contributed by atoms with van der Waals surface area (Å²) in [6.45, 7) is 8.29. The topological polar surface area (TPSA) is 46.5 Å². The molecule has 0 bridgehead atoms. The molecule has 24 heavy (non-hydrogen) atoms. The molecule has 1 fully saturated rings. The maximum Gasteiger partial charge on any atom is 0.149 e. The predicted octanol–water partition coefficient (Wildman–Crippen LogP) is 4.17. The van der Waals surface area contributed by atoms with Gasteiger partial charge in [0.05, 0.1) is 11.3 Å². The van der Waals surface area contributed by atoms with Crippen LogP contribution in [0.5, 0.6) is 0 Å². The molecule has 2 aliphatic rings. The van der Waals surface area contributed by atoms with Crippen LogP contribution in [0, 0.1) is 11.3 Å². The lowest BCUT2D eigenvalue weighted by Gasteiger charge is -2.38. The number of hydrogen-bond acceptors (Lipinski definition) is 3. The summed E-state index contributed by atoms with van der Waals surface area (Å²) in [5.74, 6) is -0.599. The molecule has 1 aromatic rings. The number of fused-ring (bicyclic) bond motifs is 1. The molecule has 1 heterocycles. The Labute approximate surface area is 144 Å². The highest BCUT2D eigenvalue weighted by atomic mass is 16.2. The number of nitrogens with zero attached hydrogens (tertiary/aromatic N) is 1. The van der Waals surface area contributed by atoms with Gasteiger partial charge in [0.25, 0.3) is 0 Å². The number of carbonyl (C=O) groups excluding carboxylic acids is 2. The van der Waals surface area contributed by atoms with E-state index in [0.717, 1.165) is 30.5 Å². The predicted molar refractivity (Wildman–Crippen MR) is 96.5 cm³/mol. The van der Waals surface area contributed by atoms with E-state index >= 15 is 0 Å². The number of carbonyl (C=O) groups is 2. The van der Waals surface area contributed by atoms with Gasteiger partial charge in [0.15, 0.2) is 0 Å². The Morgan fingerprint density at radius 1 is 1.00 bits per heavy atom. The quantitative estimate of drug-likeness (QED) is 0.783. The maximum absolute atomic E-state index is 12.8. The largest absolute Gasteiger partial charge is 0.298 e. The van der Waals surface area contributed by atoms with E-state index in [0.29, 0.717) is 12.8 Å². The normalized spacial score (nSPS) is 22.9. The molecular weight excluding hydrogens is 298 g/mol. The zero-order valence-electron chi connectivity index (χ0n) is 15.2. The summed E-state index contributed by atoms with van der Waals surface area (Å²) in [6, 6.07) is 8.14. The van der Waals surface area contributed by atoms with Crippen molar-refractivity contribution >= 4 is 17.3 Å². The van der Waals surface area contributed by atoms with E-state index in [1.54, 1.807) is 0 Å². The van der Waals surface area contributed by atoms with E-state index < -0.39 is 5.92 Å². The summed E-state index contributed by atoms with van der Waals surface area (Å²) in [5, 5.41) is 0. The fourth-order valence-corrected chi connectivity index (χ4v) is 4.21. The van der Waals surface area contributed by atoms with Gasteiger partial charge in [-0.25, -0.2) is 0 Å². The molecule has 0 spiro atoms. The van der Waals surface area contributed by atoms with Crippen molar-refractivity contribution in [2.24, 2.45) is 16.3 Å². The van der Waals surface area contributed by atoms with Gasteiger partial charge in [0, 0.05) is 18.4 Å². The molecular formula is C21H27NO2. The van der Waals surface area contributed by atoms with Crippen LogP contribution in [0.15, 0.2) is 29.3 Å². The van der Waals surface area contributed by atoms with E-state index in [-0.39, 0.29) is 22.5 Å². The monoisotopic (exact) mass is 325 g/mol. The first-order valence-corrected chi connectivity index (χ1v) is 9.04. The molecule has 1 aliphatic heterocycles. The summed E-state index contributed by atoms with van der Waals surface area (Å²) in [6.07, 6.45) is 3.63. The zero-order chi connectivity index (χ0) is 17.5. The average molecular weight is 325 g/mol. The lowest BCUT2D eigenvalue weighted by molar-refractivity contribution is -0.136. The summed E-state index contributed by atoms with van der Waals surface area (Å²) in [7, 11) is 0. The van der Waals surface area contributed by atoms with Crippen molar-refractivity contribution < 1.29 is 9.59 Å². The number of rotatable bonds is 3. The molecule has 0 radical (unpaired) electrons. The third-order valence-electron chi connectivity index (χ3n) is 5.71. The number of Topliss-reactive ketones (excluding diaryl/α,β-unsaturated/α-hetero) is 2. The molecule has 3 nitrogen and oxygen atoms in total. The van der Waals surface area contributed by atoms with Crippen molar-refractivity contribution in [1.29, 1.82) is 0 Å². The van der Waals surface area contributed by atoms with Gasteiger partial charge in [-0.15, -0.1) is 0 Å². The lowest BCUT2D eigenvalue weighted by atomic mass is 9.68. The van der Waals surface area contributed by atoms with Crippen LogP contribution in [0.4, 0.5) is 0 Å². The highest BCUT2D eigenvalue weighted by Crippen LogP contribution is 2.39. The second-order valence-electron chi connectivity index (χ2n) is 8.15. The molecule has 0 aromatic heterocycles. The highest BCUT2D eigenvalue weighted by molar-refractivity contribution is 6.27. The van der Waals surface area contributed by atoms with Crippen molar-refractivity contribution in [2.45, 2.75) is 65.3 Å². The minimum Gasteiger partial charge on any atom is -0.298 e. The van der Waals surface area contributed by atoms with Crippen LogP contribution in [-0.4, -0.2) is 22.8 Å². The molecule has 1 aliphatic carbocycles. The number of ketones is 2. The van der Waals surface area contributed by atoms with Gasteiger partial charge >= 0.3 is 0 Å². The van der Waals surface area contributed by atoms with Gasteiger partial charge in [-0.2, -0.15) is 0 Å². The Kier molecular flexibility index (Phi) is 4.23. The van der Waals surface area contributed by atoms with Crippen molar-refractivity contribution in [3.8, 4) is 0 Å². The van der Waals surface area contributed by atoms with Gasteiger partial charge < -0.3 is 0 Å². The number of benzene rings is 1. The third-order valence-corrected chi connectivity index (χ3v) is 5.71. The fourth-order valence-electron chi connectivity index (χ4n) is 4.21. The molecule has 0 atom stereocenters. The van der Waals surface area contributed by atoms with Crippen LogP contribution >= 0.6 is 0 Å². The Bertz CT molecular complexity index is 690. The van der Waals surface area contributed by atoms with E-state index in [4.69, 9.17) is 4.99 Å². The van der Waals surface area contributed by atoms with Crippen molar-refractivity contribution in [3.05, 3.63) is 35.4 Å². The van der Waals surface area contributed by atoms with Crippen LogP contribution < -0.4 is 0 Å². The van der Waals surface area contributed by atoms with E-state index in [9.17, 15) is 9.59 Å². The molecule has 0 amide bonds. The van der Waals surface area contributed by atoms with Crippen LogP contribution in [0.3, 0.4) is 0 Å². The fraction of sp³-hybridized carbons (Fsp3) is 0.571. The molecule has 128 valence electrons. The van der Waals surface area contributed by atoms with Crippen LogP contribution in [0.2, 0.25) is 0 Å². The lowest BCUT2D eigenvalue weighted by Crippen LogP contribution is -2.45. The Morgan fingerprint density at radius 2 is 1.58 bits per heavy atom. The van der Waals surface area contributed by atoms with Crippen LogP contribution in [-0.2, 0) is 16.0 Å². The van der Waals surface area contributed by atoms with Gasteiger partial charge in [-0.3, -0.25) is 14.6 Å². The molecule has 0 N–H and O–H groups in total. The van der Waals surface area contributed by atoms with E-state index in [1.807, 2.05) is 32.0 Å². The highest BCUT2D eigenvalue weighted by Gasteiger charge is 2.45. The van der Waals surface area contributed by atoms with E-state index in [1.165, 1.54) is 5.56 Å². The van der Waals surface area contributed by atoms with Crippen LogP contribution in [0.25, 0.3) is 0 Å². The first-order chi connectivity index (χ1) is 11.3. The molecule has 3 heteroatoms. The van der Waals surface area contributed by atoms with E-state index in [2.05, 4.69) is 19.9 Å². The summed E-state index contributed by atoms with van der Waals surface area (Å²) in [5.41, 5.74) is 2.53. The first-order valence-electron chi connectivity index (χ1n) is 9.04. The van der Waals surface area contributed by atoms with Crippen molar-refractivity contribution in [2.75, 3.05) is 0 Å². The van der Waals surface area contributed by atoms with Gasteiger partial charge in [-0.05, 0) is 30.2 Å². The summed E-state index contributed by atoms with van der Waals surface area (Å²) in [4.78, 5) is 30.7. The van der Waals surface area contributed by atoms with Crippen LogP contribution in [0.1, 0.15) is 64.5 Å². The first kappa shape index (κ1) is 17.1. The minimum atomic E-state index is -0.669. The average Bonchev–Trinajstić information content (AvgIpc) is 2.52. The number of hydrogen-bond donors (Lipinski definition) is 0. The second-order valence-corrected chi connectivity index (χ2v) is 8.15. The van der Waals surface area contributed by atoms with Gasteiger partial charge in [0.1, 0.15) is 17.5 Å². The summed E-state index contributed by atoms with van der Waals surface area (Å²) >= 11 is 0. The molecule has 1 aromatic carbocycles. The SMILES string of the molecule is CCC1(CC)Cc2ccccc2C(C2C(=O)CC(C)(C)CC2=O)=N1. The standard InChI is InChI=1S/C21H27NO2/c1-5-21(6-2)11-14-9-7-8-10-15(14)19(22-21)18-16(23)12-20(3,4)13-17(18)24/h7-10,18H,5-6,11-13H2,1-4H3. The van der Waals surface area contributed by atoms with Gasteiger partial charge in [-0.1, -0.05) is 52.0 Å². The maximum atomic E-state index is 12.8. The van der Waals surface area contributed by atoms with Gasteiger partial charge in [0.2, 0.25) is 0 Å². The molecule has 3 rings (SSSR count). The minimum absolute atomic E-state index is 0.0350. The zero-order valence-corrected chi connectivity index (χ0v) is 15.2. The molecule has 0 unspecified atom stereocenters.